The van der Waals surface area contributed by atoms with E-state index in [1.807, 2.05) is 40.2 Å². The van der Waals surface area contributed by atoms with Gasteiger partial charge in [0.15, 0.2) is 17.9 Å². The van der Waals surface area contributed by atoms with Gasteiger partial charge in [-0.15, -0.1) is 0 Å². The fourth-order valence-corrected chi connectivity index (χ4v) is 3.90. The molecule has 3 saturated heterocycles. The number of fused-ring (bicyclic) bond motifs is 1. The van der Waals surface area contributed by atoms with Gasteiger partial charge in [0.05, 0.1) is 19.7 Å². The molecule has 1 aromatic heterocycles. The molecule has 0 aromatic carbocycles. The largest absolute Gasteiger partial charge is 0.357 e. The summed E-state index contributed by atoms with van der Waals surface area (Å²) in [7, 11) is 0. The second-order valence-corrected chi connectivity index (χ2v) is 8.37. The van der Waals surface area contributed by atoms with Crippen molar-refractivity contribution in [1.29, 1.82) is 0 Å². The minimum Gasteiger partial charge on any atom is -0.357 e. The van der Waals surface area contributed by atoms with Crippen molar-refractivity contribution in [2.75, 3.05) is 19.9 Å². The second-order valence-electron chi connectivity index (χ2n) is 8.37. The minimum absolute atomic E-state index is 0.220. The topological polar surface area (TPSA) is 85.2 Å². The molecule has 1 aromatic rings. The fraction of sp³-hybridized carbons (Fsp3) is 0.842. The molecular weight excluding hydrogens is 366 g/mol. The van der Waals surface area contributed by atoms with Crippen molar-refractivity contribution in [2.24, 2.45) is 0 Å². The molecule has 3 aliphatic rings. The van der Waals surface area contributed by atoms with E-state index in [-0.39, 0.29) is 24.4 Å². The predicted molar refractivity (Wildman–Crippen MR) is 98.2 cm³/mol. The van der Waals surface area contributed by atoms with E-state index in [2.05, 4.69) is 14.9 Å². The summed E-state index contributed by atoms with van der Waals surface area (Å²) in [5.74, 6) is -1.31. The molecule has 0 saturated carbocycles. The average Bonchev–Trinajstić information content (AvgIpc) is 3.35. The summed E-state index contributed by atoms with van der Waals surface area (Å²) in [6.07, 6.45) is 4.98. The Morgan fingerprint density at radius 2 is 2.00 bits per heavy atom. The minimum atomic E-state index is -0.688. The molecule has 5 atom stereocenters. The molecule has 4 rings (SSSR count). The third-order valence-electron chi connectivity index (χ3n) is 5.13. The van der Waals surface area contributed by atoms with Gasteiger partial charge in [0.2, 0.25) is 0 Å². The van der Waals surface area contributed by atoms with Crippen LogP contribution in [0.2, 0.25) is 0 Å². The zero-order valence-corrected chi connectivity index (χ0v) is 17.0. The highest BCUT2D eigenvalue weighted by Gasteiger charge is 2.58. The number of hydrogen-bond acceptors (Lipinski definition) is 8. The molecule has 9 heteroatoms. The van der Waals surface area contributed by atoms with Crippen LogP contribution in [0.5, 0.6) is 0 Å². The average molecular weight is 397 g/mol. The molecule has 1 unspecified atom stereocenters. The van der Waals surface area contributed by atoms with Gasteiger partial charge in [-0.1, -0.05) is 0 Å². The summed E-state index contributed by atoms with van der Waals surface area (Å²) < 4.78 is 38.0. The van der Waals surface area contributed by atoms with Crippen molar-refractivity contribution in [3.8, 4) is 0 Å². The molecule has 0 radical (unpaired) electrons. The lowest BCUT2D eigenvalue weighted by Gasteiger charge is -2.29. The Morgan fingerprint density at radius 3 is 2.71 bits per heavy atom. The number of nitrogens with zero attached hydrogens (tertiary/aromatic N) is 2. The molecular formula is C19H31N3O6. The molecule has 0 spiro atoms. The van der Waals surface area contributed by atoms with Crippen molar-refractivity contribution in [2.45, 2.75) is 82.9 Å². The van der Waals surface area contributed by atoms with Crippen molar-refractivity contribution in [3.63, 3.8) is 0 Å². The third kappa shape index (κ3) is 4.56. The van der Waals surface area contributed by atoms with Gasteiger partial charge in [-0.3, -0.25) is 5.32 Å². The van der Waals surface area contributed by atoms with E-state index in [0.29, 0.717) is 13.3 Å². The molecule has 0 bridgehead atoms. The normalized spacial score (nSPS) is 36.1. The van der Waals surface area contributed by atoms with Gasteiger partial charge in [-0.05, 0) is 40.7 Å². The highest BCUT2D eigenvalue weighted by Crippen LogP contribution is 2.41. The van der Waals surface area contributed by atoms with Gasteiger partial charge in [0, 0.05) is 18.9 Å². The molecule has 9 nitrogen and oxygen atoms in total. The standard InChI is InChI=1S/C19H31N3O6/c1-18(2)24-10-13(26-18)14-15(16-17(25-14)28-19(3,4)27-16)23-12-21-6-5-8-22-9-7-20-11-22/h7,9,11,13-17,21H,5-6,8,10,12H2,1-4H3/t13?,14-,15+,16-,17-/m1/s1. The first-order valence-electron chi connectivity index (χ1n) is 9.94. The van der Waals surface area contributed by atoms with Gasteiger partial charge < -0.3 is 33.0 Å². The SMILES string of the molecule is CC1(C)OCC([C@H]2O[C@@H]3OC(C)(C)O[C@@H]3[C@H]2OCNCCCn2ccnc2)O1. The number of nitrogens with one attached hydrogen (secondary N) is 1. The molecule has 4 heterocycles. The zero-order chi connectivity index (χ0) is 19.8. The van der Waals surface area contributed by atoms with Crippen LogP contribution in [0.15, 0.2) is 18.7 Å². The number of ether oxygens (including phenoxy) is 6. The van der Waals surface area contributed by atoms with Gasteiger partial charge in [0.25, 0.3) is 0 Å². The first-order valence-corrected chi connectivity index (χ1v) is 9.94. The number of aryl methyl sites for hydroxylation is 1. The first kappa shape index (κ1) is 20.2. The van der Waals surface area contributed by atoms with E-state index in [9.17, 15) is 0 Å². The predicted octanol–water partition coefficient (Wildman–Crippen LogP) is 1.23. The Bertz CT molecular complexity index is 638. The van der Waals surface area contributed by atoms with Gasteiger partial charge >= 0.3 is 0 Å². The number of imidazole rings is 1. The van der Waals surface area contributed by atoms with Gasteiger partial charge in [0.1, 0.15) is 24.4 Å². The molecule has 3 aliphatic heterocycles. The van der Waals surface area contributed by atoms with Crippen LogP contribution >= 0.6 is 0 Å². The Morgan fingerprint density at radius 1 is 1.14 bits per heavy atom. The Kier molecular flexibility index (Phi) is 5.76. The smallest absolute Gasteiger partial charge is 0.190 e. The summed E-state index contributed by atoms with van der Waals surface area (Å²) >= 11 is 0. The van der Waals surface area contributed by atoms with Crippen LogP contribution in [-0.2, 0) is 35.0 Å². The molecule has 1 N–H and O–H groups in total. The number of hydrogen-bond donors (Lipinski definition) is 1. The van der Waals surface area contributed by atoms with Crippen LogP contribution in [0.25, 0.3) is 0 Å². The maximum atomic E-state index is 6.14. The zero-order valence-electron chi connectivity index (χ0n) is 17.0. The molecule has 0 amide bonds. The van der Waals surface area contributed by atoms with Crippen molar-refractivity contribution < 1.29 is 28.4 Å². The molecule has 0 aliphatic carbocycles. The van der Waals surface area contributed by atoms with E-state index >= 15 is 0 Å². The summed E-state index contributed by atoms with van der Waals surface area (Å²) in [6, 6.07) is 0. The first-order chi connectivity index (χ1) is 13.3. The van der Waals surface area contributed by atoms with E-state index in [0.717, 1.165) is 19.5 Å². The third-order valence-corrected chi connectivity index (χ3v) is 5.13. The second kappa shape index (κ2) is 7.98. The summed E-state index contributed by atoms with van der Waals surface area (Å²) in [5.41, 5.74) is 0. The van der Waals surface area contributed by atoms with Crippen molar-refractivity contribution >= 4 is 0 Å². The van der Waals surface area contributed by atoms with Crippen molar-refractivity contribution in [3.05, 3.63) is 18.7 Å². The Balaban J connectivity index is 1.29. The summed E-state index contributed by atoms with van der Waals surface area (Å²) in [6.45, 7) is 10.2. The van der Waals surface area contributed by atoms with Crippen LogP contribution in [0, 0.1) is 0 Å². The van der Waals surface area contributed by atoms with Crippen LogP contribution in [0.1, 0.15) is 34.1 Å². The quantitative estimate of drug-likeness (QED) is 0.518. The van der Waals surface area contributed by atoms with Crippen molar-refractivity contribution in [1.82, 2.24) is 14.9 Å². The van der Waals surface area contributed by atoms with Crippen LogP contribution in [-0.4, -0.2) is 71.7 Å². The fourth-order valence-electron chi connectivity index (χ4n) is 3.90. The van der Waals surface area contributed by atoms with E-state index in [1.165, 1.54) is 0 Å². The van der Waals surface area contributed by atoms with E-state index in [1.54, 1.807) is 6.20 Å². The van der Waals surface area contributed by atoms with E-state index in [4.69, 9.17) is 28.4 Å². The van der Waals surface area contributed by atoms with Crippen LogP contribution in [0.3, 0.4) is 0 Å². The molecule has 158 valence electrons. The summed E-state index contributed by atoms with van der Waals surface area (Å²) in [4.78, 5) is 4.04. The monoisotopic (exact) mass is 397 g/mol. The van der Waals surface area contributed by atoms with Crippen LogP contribution in [0.4, 0.5) is 0 Å². The molecule has 3 fully saturated rings. The van der Waals surface area contributed by atoms with Gasteiger partial charge in [-0.2, -0.15) is 0 Å². The number of rotatable bonds is 8. The Labute approximate surface area is 165 Å². The van der Waals surface area contributed by atoms with Gasteiger partial charge in [-0.25, -0.2) is 4.98 Å². The lowest BCUT2D eigenvalue weighted by Crippen LogP contribution is -2.45. The highest BCUT2D eigenvalue weighted by atomic mass is 16.8. The van der Waals surface area contributed by atoms with Crippen LogP contribution < -0.4 is 5.32 Å². The lowest BCUT2D eigenvalue weighted by atomic mass is 10.1. The maximum Gasteiger partial charge on any atom is 0.190 e. The maximum absolute atomic E-state index is 6.14. The summed E-state index contributed by atoms with van der Waals surface area (Å²) in [5, 5.41) is 3.32. The Hall–Kier alpha value is -1.07. The molecule has 28 heavy (non-hydrogen) atoms. The highest BCUT2D eigenvalue weighted by molar-refractivity contribution is 4.98. The van der Waals surface area contributed by atoms with E-state index < -0.39 is 17.9 Å². The lowest BCUT2D eigenvalue weighted by molar-refractivity contribution is -0.236. The number of aromatic nitrogens is 2.